The van der Waals surface area contributed by atoms with Crippen LogP contribution in [0.5, 0.6) is 5.75 Å². The molecule has 4 aromatic rings. The highest BCUT2D eigenvalue weighted by atomic mass is 19.1. The molecule has 0 aliphatic carbocycles. The summed E-state index contributed by atoms with van der Waals surface area (Å²) in [4.78, 5) is 23.6. The van der Waals surface area contributed by atoms with Crippen LogP contribution in [0, 0.1) is 5.82 Å². The fourth-order valence-electron chi connectivity index (χ4n) is 4.05. The van der Waals surface area contributed by atoms with Gasteiger partial charge in [-0.3, -0.25) is 4.90 Å². The number of nitrogens with zero attached hydrogens (tertiary/aromatic N) is 6. The Labute approximate surface area is 205 Å². The van der Waals surface area contributed by atoms with E-state index in [1.54, 1.807) is 30.5 Å². The predicted octanol–water partition coefficient (Wildman–Crippen LogP) is 1.80. The number of ether oxygens (including phenoxy) is 1. The van der Waals surface area contributed by atoms with Crippen molar-refractivity contribution in [1.29, 1.82) is 0 Å². The summed E-state index contributed by atoms with van der Waals surface area (Å²) in [6, 6.07) is 9.80. The Hall–Kier alpha value is -4.39. The summed E-state index contributed by atoms with van der Waals surface area (Å²) in [6.07, 6.45) is 1.58. The first kappa shape index (κ1) is 23.4. The molecule has 4 N–H and O–H groups in total. The average Bonchev–Trinajstić information content (AvgIpc) is 3.54. The molecule has 1 fully saturated rings. The van der Waals surface area contributed by atoms with Gasteiger partial charge in [-0.1, -0.05) is 0 Å². The maximum absolute atomic E-state index is 14.5. The highest BCUT2D eigenvalue weighted by Crippen LogP contribution is 2.25. The van der Waals surface area contributed by atoms with Crippen LogP contribution in [0.25, 0.3) is 17.1 Å². The van der Waals surface area contributed by atoms with Crippen LogP contribution in [-0.2, 0) is 4.79 Å². The first-order valence-electron chi connectivity index (χ1n) is 11.4. The second kappa shape index (κ2) is 10.1. The summed E-state index contributed by atoms with van der Waals surface area (Å²) in [5.74, 6) is -0.101. The SMILES string of the molecule is Nc1nc(NCCN2CCN(c3ccc(OCC(=O)O)cc3F)CC2)nc2cc(-c3ccco3)nn12. The summed E-state index contributed by atoms with van der Waals surface area (Å²) >= 11 is 0. The molecule has 188 valence electrons. The minimum Gasteiger partial charge on any atom is -0.482 e. The van der Waals surface area contributed by atoms with E-state index in [0.29, 0.717) is 48.4 Å². The van der Waals surface area contributed by atoms with Crippen LogP contribution in [0.4, 0.5) is 22.0 Å². The Morgan fingerprint density at radius 3 is 2.75 bits per heavy atom. The van der Waals surface area contributed by atoms with Crippen LogP contribution < -0.4 is 20.7 Å². The van der Waals surface area contributed by atoms with Gasteiger partial charge < -0.3 is 30.2 Å². The number of anilines is 3. The predicted molar refractivity (Wildman–Crippen MR) is 130 cm³/mol. The number of aliphatic carboxylic acids is 1. The second-order valence-corrected chi connectivity index (χ2v) is 8.23. The molecule has 13 heteroatoms. The number of rotatable bonds is 9. The van der Waals surface area contributed by atoms with E-state index in [1.807, 2.05) is 11.0 Å². The lowest BCUT2D eigenvalue weighted by Gasteiger charge is -2.36. The highest BCUT2D eigenvalue weighted by Gasteiger charge is 2.20. The molecular formula is C23H25FN8O4. The number of nitrogen functional groups attached to an aromatic ring is 1. The number of halogens is 1. The molecule has 0 radical (unpaired) electrons. The highest BCUT2D eigenvalue weighted by molar-refractivity contribution is 5.68. The quantitative estimate of drug-likeness (QED) is 0.312. The van der Waals surface area contributed by atoms with Gasteiger partial charge in [0, 0.05) is 51.4 Å². The number of carbonyl (C=O) groups is 1. The molecule has 3 aromatic heterocycles. The van der Waals surface area contributed by atoms with Crippen molar-refractivity contribution in [3.63, 3.8) is 0 Å². The summed E-state index contributed by atoms with van der Waals surface area (Å²) in [7, 11) is 0. The van der Waals surface area contributed by atoms with Crippen LogP contribution in [0.1, 0.15) is 0 Å². The minimum atomic E-state index is -1.11. The lowest BCUT2D eigenvalue weighted by molar-refractivity contribution is -0.139. The normalized spacial score (nSPS) is 14.3. The topological polar surface area (TPSA) is 147 Å². The number of nitrogens with one attached hydrogen (secondary N) is 1. The van der Waals surface area contributed by atoms with Gasteiger partial charge in [-0.15, -0.1) is 0 Å². The standard InChI is InChI=1S/C23H25FN8O4/c24-16-12-15(36-14-21(33)34)3-4-18(16)31-9-7-30(8-10-31)6-5-26-23-27-20-13-17(19-2-1-11-35-19)29-32(20)22(25)28-23/h1-4,11-13H,5-10,14H2,(H,33,34)(H3,25,26,27,28). The number of carboxylic acid groups (broad SMARTS) is 1. The fourth-order valence-corrected chi connectivity index (χ4v) is 4.05. The third kappa shape index (κ3) is 5.15. The fraction of sp³-hybridized carbons (Fsp3) is 0.304. The maximum atomic E-state index is 14.5. The van der Waals surface area contributed by atoms with E-state index < -0.39 is 18.4 Å². The average molecular weight is 497 g/mol. The van der Waals surface area contributed by atoms with Gasteiger partial charge in [-0.2, -0.15) is 19.6 Å². The zero-order valence-electron chi connectivity index (χ0n) is 19.3. The molecule has 1 aliphatic heterocycles. The van der Waals surface area contributed by atoms with Crippen LogP contribution in [-0.4, -0.2) is 81.4 Å². The molecule has 0 saturated carbocycles. The molecule has 5 rings (SSSR count). The molecule has 1 saturated heterocycles. The van der Waals surface area contributed by atoms with E-state index in [2.05, 4.69) is 25.3 Å². The van der Waals surface area contributed by atoms with Gasteiger partial charge in [-0.05, 0) is 24.3 Å². The number of hydrogen-bond donors (Lipinski definition) is 3. The number of fused-ring (bicyclic) bond motifs is 1. The van der Waals surface area contributed by atoms with Crippen molar-refractivity contribution in [2.75, 3.05) is 61.8 Å². The Morgan fingerprint density at radius 2 is 2.03 bits per heavy atom. The Morgan fingerprint density at radius 1 is 1.19 bits per heavy atom. The third-order valence-corrected chi connectivity index (χ3v) is 5.83. The molecule has 1 aromatic carbocycles. The van der Waals surface area contributed by atoms with Gasteiger partial charge in [0.2, 0.25) is 11.9 Å². The van der Waals surface area contributed by atoms with Gasteiger partial charge >= 0.3 is 5.97 Å². The number of carboxylic acids is 1. The Balaban J connectivity index is 1.12. The van der Waals surface area contributed by atoms with Crippen molar-refractivity contribution in [1.82, 2.24) is 24.5 Å². The molecule has 0 unspecified atom stereocenters. The summed E-state index contributed by atoms with van der Waals surface area (Å²) < 4.78 is 26.4. The van der Waals surface area contributed by atoms with Gasteiger partial charge in [0.05, 0.1) is 12.0 Å². The van der Waals surface area contributed by atoms with Gasteiger partial charge in [-0.25, -0.2) is 9.18 Å². The van der Waals surface area contributed by atoms with Crippen molar-refractivity contribution >= 4 is 29.2 Å². The second-order valence-electron chi connectivity index (χ2n) is 8.23. The lowest BCUT2D eigenvalue weighted by Crippen LogP contribution is -2.48. The van der Waals surface area contributed by atoms with Crippen LogP contribution in [0.3, 0.4) is 0 Å². The number of nitrogens with two attached hydrogens (primary N) is 1. The third-order valence-electron chi connectivity index (χ3n) is 5.83. The molecule has 0 bridgehead atoms. The Kier molecular flexibility index (Phi) is 6.54. The van der Waals surface area contributed by atoms with E-state index in [-0.39, 0.29) is 11.7 Å². The monoisotopic (exact) mass is 496 g/mol. The van der Waals surface area contributed by atoms with E-state index in [9.17, 15) is 9.18 Å². The van der Waals surface area contributed by atoms with Crippen LogP contribution in [0.2, 0.25) is 0 Å². The zero-order valence-corrected chi connectivity index (χ0v) is 19.3. The minimum absolute atomic E-state index is 0.192. The maximum Gasteiger partial charge on any atom is 0.341 e. The lowest BCUT2D eigenvalue weighted by atomic mass is 10.2. The first-order valence-corrected chi connectivity index (χ1v) is 11.4. The molecule has 0 atom stereocenters. The first-order chi connectivity index (χ1) is 17.5. The van der Waals surface area contributed by atoms with Gasteiger partial charge in [0.15, 0.2) is 18.0 Å². The largest absolute Gasteiger partial charge is 0.482 e. The summed E-state index contributed by atoms with van der Waals surface area (Å²) in [6.45, 7) is 3.69. The number of aromatic nitrogens is 4. The number of furan rings is 1. The van der Waals surface area contributed by atoms with Crippen molar-refractivity contribution < 1.29 is 23.4 Å². The number of benzene rings is 1. The molecule has 0 amide bonds. The molecule has 12 nitrogen and oxygen atoms in total. The van der Waals surface area contributed by atoms with Crippen molar-refractivity contribution in [3.05, 3.63) is 48.5 Å². The molecule has 36 heavy (non-hydrogen) atoms. The summed E-state index contributed by atoms with van der Waals surface area (Å²) in [5.41, 5.74) is 7.71. The number of hydrogen-bond acceptors (Lipinski definition) is 10. The number of piperazine rings is 1. The summed E-state index contributed by atoms with van der Waals surface area (Å²) in [5, 5.41) is 16.3. The van der Waals surface area contributed by atoms with Crippen molar-refractivity contribution in [2.24, 2.45) is 0 Å². The van der Waals surface area contributed by atoms with Crippen molar-refractivity contribution in [3.8, 4) is 17.2 Å². The van der Waals surface area contributed by atoms with Gasteiger partial charge in [0.1, 0.15) is 17.3 Å². The van der Waals surface area contributed by atoms with E-state index in [4.69, 9.17) is 20.0 Å². The van der Waals surface area contributed by atoms with E-state index >= 15 is 0 Å². The van der Waals surface area contributed by atoms with Crippen molar-refractivity contribution in [2.45, 2.75) is 0 Å². The smallest absolute Gasteiger partial charge is 0.341 e. The Bertz CT molecular complexity index is 1350. The van der Waals surface area contributed by atoms with E-state index in [1.165, 1.54) is 10.6 Å². The van der Waals surface area contributed by atoms with Crippen LogP contribution >= 0.6 is 0 Å². The van der Waals surface area contributed by atoms with Gasteiger partial charge in [0.25, 0.3) is 0 Å². The van der Waals surface area contributed by atoms with Crippen LogP contribution in [0.15, 0.2) is 47.1 Å². The molecular weight excluding hydrogens is 471 g/mol. The molecule has 0 spiro atoms. The molecule has 4 heterocycles. The van der Waals surface area contributed by atoms with E-state index in [0.717, 1.165) is 19.6 Å². The zero-order chi connectivity index (χ0) is 25.1. The molecule has 1 aliphatic rings.